The van der Waals surface area contributed by atoms with Crippen LogP contribution in [0.15, 0.2) is 54.9 Å². The van der Waals surface area contributed by atoms with E-state index >= 15 is 0 Å². The summed E-state index contributed by atoms with van der Waals surface area (Å²) in [6.07, 6.45) is 3.25. The third-order valence-corrected chi connectivity index (χ3v) is 5.88. The zero-order chi connectivity index (χ0) is 24.8. The molecule has 10 heteroatoms. The lowest BCUT2D eigenvalue weighted by molar-refractivity contribution is -0.130. The van der Waals surface area contributed by atoms with E-state index < -0.39 is 0 Å². The molecule has 35 heavy (non-hydrogen) atoms. The van der Waals surface area contributed by atoms with Gasteiger partial charge >= 0.3 is 0 Å². The fourth-order valence-corrected chi connectivity index (χ4v) is 4.10. The Balaban J connectivity index is 1.33. The van der Waals surface area contributed by atoms with E-state index in [1.165, 1.54) is 0 Å². The number of nitrogens with zero attached hydrogens (tertiary/aromatic N) is 5. The molecule has 2 aromatic heterocycles. The summed E-state index contributed by atoms with van der Waals surface area (Å²) < 4.78 is 1.62. The molecule has 0 spiro atoms. The molecule has 3 amide bonds. The van der Waals surface area contributed by atoms with Crippen LogP contribution in [0.5, 0.6) is 0 Å². The van der Waals surface area contributed by atoms with Gasteiger partial charge in [-0.1, -0.05) is 12.1 Å². The van der Waals surface area contributed by atoms with Crippen LogP contribution in [0.4, 0.5) is 11.4 Å². The lowest BCUT2D eigenvalue weighted by atomic mass is 10.1. The van der Waals surface area contributed by atoms with Crippen molar-refractivity contribution in [3.05, 3.63) is 71.8 Å². The summed E-state index contributed by atoms with van der Waals surface area (Å²) in [5.74, 6) is -0.663. The smallest absolute Gasteiger partial charge is 0.269 e. The van der Waals surface area contributed by atoms with Gasteiger partial charge in [0.05, 0.1) is 29.7 Å². The number of para-hydroxylation sites is 1. The van der Waals surface area contributed by atoms with Crippen molar-refractivity contribution in [2.24, 2.45) is 0 Å². The van der Waals surface area contributed by atoms with Crippen LogP contribution < -0.4 is 15.5 Å². The standard InChI is InChI=1S/C25H29N7O3/c1-3-32-22(15-18(2)29-32)25(35)27-17-23(33)31-13-11-30(12-14-31)21-9-5-4-8-20(21)24(34)28-19-7-6-10-26-16-19/h4-10,15-16H,3,11-14,17H2,1-2H3,(H,27,35)(H,28,34). The number of pyridine rings is 1. The van der Waals surface area contributed by atoms with E-state index in [9.17, 15) is 14.4 Å². The molecule has 0 saturated carbocycles. The first-order valence-corrected chi connectivity index (χ1v) is 11.6. The van der Waals surface area contributed by atoms with Crippen molar-refractivity contribution in [2.45, 2.75) is 20.4 Å². The van der Waals surface area contributed by atoms with E-state index in [1.807, 2.05) is 32.0 Å². The number of nitrogens with one attached hydrogen (secondary N) is 2. The topological polar surface area (TPSA) is 112 Å². The van der Waals surface area contributed by atoms with Gasteiger partial charge in [0.1, 0.15) is 5.69 Å². The lowest BCUT2D eigenvalue weighted by Gasteiger charge is -2.36. The maximum Gasteiger partial charge on any atom is 0.269 e. The summed E-state index contributed by atoms with van der Waals surface area (Å²) in [5, 5.41) is 9.86. The third-order valence-electron chi connectivity index (χ3n) is 5.88. The average Bonchev–Trinajstić information content (AvgIpc) is 3.28. The quantitative estimate of drug-likeness (QED) is 0.540. The molecule has 3 aromatic rings. The normalized spacial score (nSPS) is 13.4. The van der Waals surface area contributed by atoms with Gasteiger partial charge < -0.3 is 20.4 Å². The van der Waals surface area contributed by atoms with E-state index in [2.05, 4.69) is 25.6 Å². The molecule has 0 radical (unpaired) electrons. The number of benzene rings is 1. The first kappa shape index (κ1) is 23.9. The molecule has 1 saturated heterocycles. The van der Waals surface area contributed by atoms with Crippen molar-refractivity contribution < 1.29 is 14.4 Å². The minimum atomic E-state index is -0.312. The van der Waals surface area contributed by atoms with Crippen LogP contribution in [-0.2, 0) is 11.3 Å². The number of carbonyl (C=O) groups excluding carboxylic acids is 3. The number of aryl methyl sites for hydroxylation is 2. The molecule has 0 aliphatic carbocycles. The number of hydrogen-bond donors (Lipinski definition) is 2. The van der Waals surface area contributed by atoms with Crippen LogP contribution in [-0.4, -0.2) is 70.1 Å². The summed E-state index contributed by atoms with van der Waals surface area (Å²) in [5.41, 5.74) is 3.21. The number of hydrogen-bond acceptors (Lipinski definition) is 6. The summed E-state index contributed by atoms with van der Waals surface area (Å²) >= 11 is 0. The Morgan fingerprint density at radius 3 is 2.49 bits per heavy atom. The molecule has 0 bridgehead atoms. The lowest BCUT2D eigenvalue weighted by Crippen LogP contribution is -2.51. The van der Waals surface area contributed by atoms with Crippen LogP contribution in [0.1, 0.15) is 33.5 Å². The first-order valence-electron chi connectivity index (χ1n) is 11.6. The molecule has 1 fully saturated rings. The van der Waals surface area contributed by atoms with Crippen LogP contribution in [0.2, 0.25) is 0 Å². The van der Waals surface area contributed by atoms with E-state index in [1.54, 1.807) is 46.2 Å². The number of carbonyl (C=O) groups is 3. The van der Waals surface area contributed by atoms with Crippen molar-refractivity contribution in [3.8, 4) is 0 Å². The second kappa shape index (κ2) is 10.8. The van der Waals surface area contributed by atoms with E-state index in [0.29, 0.717) is 49.7 Å². The molecule has 1 aliphatic rings. The van der Waals surface area contributed by atoms with Gasteiger partial charge in [-0.15, -0.1) is 0 Å². The molecule has 2 N–H and O–H groups in total. The zero-order valence-electron chi connectivity index (χ0n) is 19.9. The van der Waals surface area contributed by atoms with Gasteiger partial charge in [-0.2, -0.15) is 5.10 Å². The SMILES string of the molecule is CCn1nc(C)cc1C(=O)NCC(=O)N1CCN(c2ccccc2C(=O)Nc2cccnc2)CC1. The summed E-state index contributed by atoms with van der Waals surface area (Å²) in [7, 11) is 0. The summed E-state index contributed by atoms with van der Waals surface area (Å²) in [6.45, 7) is 6.41. The maximum absolute atomic E-state index is 12.9. The molecule has 4 rings (SSSR count). The largest absolute Gasteiger partial charge is 0.367 e. The van der Waals surface area contributed by atoms with Crippen molar-refractivity contribution in [2.75, 3.05) is 42.9 Å². The highest BCUT2D eigenvalue weighted by Gasteiger charge is 2.24. The van der Waals surface area contributed by atoms with Crippen molar-refractivity contribution in [1.29, 1.82) is 0 Å². The number of anilines is 2. The van der Waals surface area contributed by atoms with Crippen molar-refractivity contribution in [1.82, 2.24) is 25.0 Å². The maximum atomic E-state index is 12.9. The number of amides is 3. The van der Waals surface area contributed by atoms with E-state index in [-0.39, 0.29) is 24.3 Å². The second-order valence-corrected chi connectivity index (χ2v) is 8.25. The first-order chi connectivity index (χ1) is 17.0. The molecule has 1 aliphatic heterocycles. The third kappa shape index (κ3) is 5.65. The average molecular weight is 476 g/mol. The highest BCUT2D eigenvalue weighted by Crippen LogP contribution is 2.23. The Kier molecular flexibility index (Phi) is 7.39. The second-order valence-electron chi connectivity index (χ2n) is 8.25. The van der Waals surface area contributed by atoms with Crippen LogP contribution >= 0.6 is 0 Å². The molecule has 0 unspecified atom stereocenters. The molecule has 182 valence electrons. The minimum Gasteiger partial charge on any atom is -0.367 e. The number of aromatic nitrogens is 3. The number of piperazine rings is 1. The van der Waals surface area contributed by atoms with Gasteiger partial charge in [-0.25, -0.2) is 0 Å². The number of rotatable bonds is 7. The predicted octanol–water partition coefficient (Wildman–Crippen LogP) is 1.94. The van der Waals surface area contributed by atoms with Gasteiger partial charge in [-0.05, 0) is 44.2 Å². The van der Waals surface area contributed by atoms with Crippen LogP contribution in [0, 0.1) is 6.92 Å². The fraction of sp³-hybridized carbons (Fsp3) is 0.320. The van der Waals surface area contributed by atoms with Crippen molar-refractivity contribution in [3.63, 3.8) is 0 Å². The highest BCUT2D eigenvalue weighted by atomic mass is 16.2. The fourth-order valence-electron chi connectivity index (χ4n) is 4.10. The van der Waals surface area contributed by atoms with Gasteiger partial charge in [0, 0.05) is 44.6 Å². The van der Waals surface area contributed by atoms with Gasteiger partial charge in [0.25, 0.3) is 11.8 Å². The Morgan fingerprint density at radius 1 is 1.00 bits per heavy atom. The summed E-state index contributed by atoms with van der Waals surface area (Å²) in [6, 6.07) is 12.7. The predicted molar refractivity (Wildman–Crippen MR) is 132 cm³/mol. The molecule has 0 atom stereocenters. The van der Waals surface area contributed by atoms with Gasteiger partial charge in [0.15, 0.2) is 0 Å². The van der Waals surface area contributed by atoms with Crippen LogP contribution in [0.25, 0.3) is 0 Å². The molecular formula is C25H29N7O3. The van der Waals surface area contributed by atoms with Crippen LogP contribution in [0.3, 0.4) is 0 Å². The molecule has 1 aromatic carbocycles. The molecular weight excluding hydrogens is 446 g/mol. The van der Waals surface area contributed by atoms with Gasteiger partial charge in [-0.3, -0.25) is 24.0 Å². The monoisotopic (exact) mass is 475 g/mol. The Labute approximate surface area is 203 Å². The zero-order valence-corrected chi connectivity index (χ0v) is 19.9. The molecule has 3 heterocycles. The Bertz CT molecular complexity index is 1200. The molecule has 10 nitrogen and oxygen atoms in total. The Hall–Kier alpha value is -4.21. The van der Waals surface area contributed by atoms with Gasteiger partial charge in [0.2, 0.25) is 5.91 Å². The van der Waals surface area contributed by atoms with E-state index in [0.717, 1.165) is 11.4 Å². The Morgan fingerprint density at radius 2 is 1.77 bits per heavy atom. The highest BCUT2D eigenvalue weighted by molar-refractivity contribution is 6.08. The summed E-state index contributed by atoms with van der Waals surface area (Å²) in [4.78, 5) is 46.0. The minimum absolute atomic E-state index is 0.0725. The van der Waals surface area contributed by atoms with E-state index in [4.69, 9.17) is 0 Å². The van der Waals surface area contributed by atoms with Crippen molar-refractivity contribution >= 4 is 29.1 Å².